The van der Waals surface area contributed by atoms with Crippen molar-refractivity contribution >= 4 is 34.2 Å². The normalized spacial score (nSPS) is 14.9. The van der Waals surface area contributed by atoms with Crippen molar-refractivity contribution in [3.8, 4) is 11.5 Å². The molecule has 1 aromatic carbocycles. The monoisotopic (exact) mass is 447 g/mol. The standard InChI is InChI=1S/C22H25NO7S/c1-12-8-9-13-16(10-12)31-20(18(13)22(26)29-4)23-17(24)11-30-21(25)14-6-5-7-15(27-2)19(14)28-3/h5-7,12H,8-11H2,1-4H3,(H,23,24). The van der Waals surface area contributed by atoms with Crippen LogP contribution in [0.5, 0.6) is 11.5 Å². The Hall–Kier alpha value is -3.07. The third-order valence-electron chi connectivity index (χ3n) is 5.11. The molecule has 1 aliphatic rings. The molecule has 1 N–H and O–H groups in total. The first kappa shape index (κ1) is 22.6. The number of hydrogen-bond acceptors (Lipinski definition) is 8. The van der Waals surface area contributed by atoms with E-state index in [2.05, 4.69) is 12.2 Å². The zero-order chi connectivity index (χ0) is 22.5. The molecule has 0 saturated carbocycles. The highest BCUT2D eigenvalue weighted by molar-refractivity contribution is 7.17. The van der Waals surface area contributed by atoms with E-state index in [0.717, 1.165) is 29.7 Å². The van der Waals surface area contributed by atoms with Gasteiger partial charge in [-0.05, 0) is 42.9 Å². The molecule has 2 aromatic rings. The van der Waals surface area contributed by atoms with Gasteiger partial charge in [-0.3, -0.25) is 4.79 Å². The lowest BCUT2D eigenvalue weighted by Crippen LogP contribution is -2.22. The molecular formula is C22H25NO7S. The zero-order valence-electron chi connectivity index (χ0n) is 17.9. The second kappa shape index (κ2) is 9.82. The molecule has 3 rings (SSSR count). The molecule has 0 saturated heterocycles. The van der Waals surface area contributed by atoms with Gasteiger partial charge in [0.2, 0.25) is 0 Å². The maximum atomic E-state index is 12.5. The molecule has 31 heavy (non-hydrogen) atoms. The van der Waals surface area contributed by atoms with E-state index in [1.54, 1.807) is 12.1 Å². The Bertz CT molecular complexity index is 998. The van der Waals surface area contributed by atoms with E-state index in [9.17, 15) is 14.4 Å². The van der Waals surface area contributed by atoms with Crippen LogP contribution >= 0.6 is 11.3 Å². The van der Waals surface area contributed by atoms with Crippen molar-refractivity contribution in [2.75, 3.05) is 33.3 Å². The molecule has 8 nitrogen and oxygen atoms in total. The molecule has 0 fully saturated rings. The van der Waals surface area contributed by atoms with Gasteiger partial charge in [-0.1, -0.05) is 13.0 Å². The zero-order valence-corrected chi connectivity index (χ0v) is 18.7. The average molecular weight is 448 g/mol. The molecule has 1 aromatic heterocycles. The van der Waals surface area contributed by atoms with Crippen molar-refractivity contribution in [2.24, 2.45) is 5.92 Å². The quantitative estimate of drug-likeness (QED) is 0.649. The summed E-state index contributed by atoms with van der Waals surface area (Å²) in [5.41, 5.74) is 1.47. The Balaban J connectivity index is 1.72. The summed E-state index contributed by atoms with van der Waals surface area (Å²) < 4.78 is 20.5. The van der Waals surface area contributed by atoms with Crippen LogP contribution in [-0.4, -0.2) is 45.8 Å². The lowest BCUT2D eigenvalue weighted by molar-refractivity contribution is -0.119. The molecule has 0 aliphatic heterocycles. The molecule has 9 heteroatoms. The molecule has 1 aliphatic carbocycles. The van der Waals surface area contributed by atoms with E-state index in [4.69, 9.17) is 18.9 Å². The maximum Gasteiger partial charge on any atom is 0.342 e. The molecular weight excluding hydrogens is 422 g/mol. The van der Waals surface area contributed by atoms with Crippen LogP contribution in [0.3, 0.4) is 0 Å². The van der Waals surface area contributed by atoms with Crippen molar-refractivity contribution in [1.82, 2.24) is 0 Å². The van der Waals surface area contributed by atoms with Crippen molar-refractivity contribution in [3.63, 3.8) is 0 Å². The van der Waals surface area contributed by atoms with Gasteiger partial charge in [-0.2, -0.15) is 0 Å². The van der Waals surface area contributed by atoms with Crippen molar-refractivity contribution in [3.05, 3.63) is 39.8 Å². The van der Waals surface area contributed by atoms with Crippen molar-refractivity contribution < 1.29 is 33.3 Å². The summed E-state index contributed by atoms with van der Waals surface area (Å²) in [5, 5.41) is 3.12. The number of anilines is 1. The van der Waals surface area contributed by atoms with Crippen molar-refractivity contribution in [1.29, 1.82) is 0 Å². The third kappa shape index (κ3) is 4.82. The van der Waals surface area contributed by atoms with Crippen LogP contribution in [0, 0.1) is 5.92 Å². The summed E-state index contributed by atoms with van der Waals surface area (Å²) >= 11 is 1.37. The highest BCUT2D eigenvalue weighted by atomic mass is 32.1. The Morgan fingerprint density at radius 2 is 1.90 bits per heavy atom. The number of carbonyl (C=O) groups excluding carboxylic acids is 3. The lowest BCUT2D eigenvalue weighted by Gasteiger charge is -2.18. The Morgan fingerprint density at radius 3 is 2.58 bits per heavy atom. The molecule has 1 amide bonds. The van der Waals surface area contributed by atoms with Gasteiger partial charge < -0.3 is 24.3 Å². The number of benzene rings is 1. The van der Waals surface area contributed by atoms with Crippen LogP contribution in [0.4, 0.5) is 5.00 Å². The van der Waals surface area contributed by atoms with Gasteiger partial charge in [0.1, 0.15) is 10.6 Å². The van der Waals surface area contributed by atoms with E-state index < -0.39 is 24.5 Å². The number of amides is 1. The number of nitrogens with one attached hydrogen (secondary N) is 1. The first-order chi connectivity index (χ1) is 14.9. The molecule has 0 spiro atoms. The van der Waals surface area contributed by atoms with Crippen LogP contribution in [0.2, 0.25) is 0 Å². The summed E-state index contributed by atoms with van der Waals surface area (Å²) in [6.45, 7) is 1.64. The van der Waals surface area contributed by atoms with E-state index in [1.807, 2.05) is 0 Å². The number of methoxy groups -OCH3 is 3. The minimum Gasteiger partial charge on any atom is -0.493 e. The van der Waals surface area contributed by atoms with Gasteiger partial charge in [0.05, 0.1) is 26.9 Å². The van der Waals surface area contributed by atoms with Crippen LogP contribution in [0.25, 0.3) is 0 Å². The summed E-state index contributed by atoms with van der Waals surface area (Å²) in [6, 6.07) is 4.79. The highest BCUT2D eigenvalue weighted by Crippen LogP contribution is 2.40. The number of para-hydroxylation sites is 1. The number of esters is 2. The minimum atomic E-state index is -0.724. The third-order valence-corrected chi connectivity index (χ3v) is 6.28. The largest absolute Gasteiger partial charge is 0.493 e. The summed E-state index contributed by atoms with van der Waals surface area (Å²) in [7, 11) is 4.18. The molecule has 0 bridgehead atoms. The summed E-state index contributed by atoms with van der Waals surface area (Å²) in [5.74, 6) is -0.643. The number of ether oxygens (including phenoxy) is 4. The number of fused-ring (bicyclic) bond motifs is 1. The summed E-state index contributed by atoms with van der Waals surface area (Å²) in [6.07, 6.45) is 2.59. The van der Waals surface area contributed by atoms with Gasteiger partial charge in [-0.25, -0.2) is 9.59 Å². The smallest absolute Gasteiger partial charge is 0.342 e. The van der Waals surface area contributed by atoms with Crippen LogP contribution in [-0.2, 0) is 27.1 Å². The Morgan fingerprint density at radius 1 is 1.13 bits per heavy atom. The van der Waals surface area contributed by atoms with E-state index in [0.29, 0.717) is 22.2 Å². The topological polar surface area (TPSA) is 100 Å². The first-order valence-corrected chi connectivity index (χ1v) is 10.6. The van der Waals surface area contributed by atoms with Gasteiger partial charge >= 0.3 is 11.9 Å². The number of carbonyl (C=O) groups is 3. The molecule has 166 valence electrons. The fourth-order valence-electron chi connectivity index (χ4n) is 3.58. The van der Waals surface area contributed by atoms with Crippen LogP contribution < -0.4 is 14.8 Å². The predicted octanol–water partition coefficient (Wildman–Crippen LogP) is 3.47. The van der Waals surface area contributed by atoms with Crippen LogP contribution in [0.15, 0.2) is 18.2 Å². The number of hydrogen-bond donors (Lipinski definition) is 1. The average Bonchev–Trinajstić information content (AvgIpc) is 3.12. The maximum absolute atomic E-state index is 12.5. The van der Waals surface area contributed by atoms with Gasteiger partial charge in [-0.15, -0.1) is 11.3 Å². The molecule has 1 atom stereocenters. The lowest BCUT2D eigenvalue weighted by atomic mass is 9.88. The van der Waals surface area contributed by atoms with Gasteiger partial charge in [0.25, 0.3) is 5.91 Å². The number of thiophene rings is 1. The molecule has 0 radical (unpaired) electrons. The molecule has 1 unspecified atom stereocenters. The Labute approximate surface area is 184 Å². The fourth-order valence-corrected chi connectivity index (χ4v) is 4.99. The molecule has 1 heterocycles. The first-order valence-electron chi connectivity index (χ1n) is 9.80. The number of rotatable bonds is 7. The second-order valence-corrected chi connectivity index (χ2v) is 8.32. The highest BCUT2D eigenvalue weighted by Gasteiger charge is 2.29. The van der Waals surface area contributed by atoms with E-state index in [-0.39, 0.29) is 11.3 Å². The SMILES string of the molecule is COC(=O)c1c(NC(=O)COC(=O)c2cccc(OC)c2OC)sc2c1CCC(C)C2. The van der Waals surface area contributed by atoms with Gasteiger partial charge in [0, 0.05) is 4.88 Å². The van der Waals surface area contributed by atoms with Gasteiger partial charge in [0.15, 0.2) is 18.1 Å². The van der Waals surface area contributed by atoms with Crippen LogP contribution in [0.1, 0.15) is 44.5 Å². The van der Waals surface area contributed by atoms with Crippen molar-refractivity contribution in [2.45, 2.75) is 26.2 Å². The van der Waals surface area contributed by atoms with E-state index >= 15 is 0 Å². The fraction of sp³-hybridized carbons (Fsp3) is 0.409. The summed E-state index contributed by atoms with van der Waals surface area (Å²) in [4.78, 5) is 38.3. The Kier molecular flexibility index (Phi) is 7.17. The van der Waals surface area contributed by atoms with E-state index in [1.165, 1.54) is 38.7 Å². The second-order valence-electron chi connectivity index (χ2n) is 7.21. The predicted molar refractivity (Wildman–Crippen MR) is 115 cm³/mol. The minimum absolute atomic E-state index is 0.144.